The monoisotopic (exact) mass is 509 g/mol. The van der Waals surface area contributed by atoms with Gasteiger partial charge in [-0.25, -0.2) is 13.6 Å². The zero-order valence-electron chi connectivity index (χ0n) is 20.1. The van der Waals surface area contributed by atoms with Crippen molar-refractivity contribution < 1.29 is 27.5 Å². The second kappa shape index (κ2) is 8.95. The second-order valence-corrected chi connectivity index (χ2v) is 9.66. The maximum absolute atomic E-state index is 14.2. The minimum Gasteiger partial charge on any atom is -0.490 e. The van der Waals surface area contributed by atoms with Crippen LogP contribution in [0.3, 0.4) is 0 Å². The maximum atomic E-state index is 14.2. The van der Waals surface area contributed by atoms with Gasteiger partial charge in [0.15, 0.2) is 5.58 Å². The van der Waals surface area contributed by atoms with Crippen LogP contribution in [-0.2, 0) is 9.53 Å². The van der Waals surface area contributed by atoms with Crippen LogP contribution in [0.5, 0.6) is 5.75 Å². The number of amides is 1. The van der Waals surface area contributed by atoms with E-state index in [1.165, 1.54) is 4.90 Å². The van der Waals surface area contributed by atoms with Crippen LogP contribution in [0.15, 0.2) is 67.8 Å². The topological polar surface area (TPSA) is 97.1 Å². The van der Waals surface area contributed by atoms with E-state index < -0.39 is 30.2 Å². The molecule has 1 saturated heterocycles. The molecule has 192 valence electrons. The van der Waals surface area contributed by atoms with Crippen molar-refractivity contribution >= 4 is 22.7 Å². The summed E-state index contributed by atoms with van der Waals surface area (Å²) in [6.45, 7) is 1.44. The molecular formula is C27H25F2N3O5. The number of nitrogens with one attached hydrogen (secondary N) is 1. The largest absolute Gasteiger partial charge is 0.490 e. The Morgan fingerprint density at radius 2 is 1.89 bits per heavy atom. The molecule has 3 aromatic rings. The molecule has 3 aliphatic heterocycles. The molecule has 6 rings (SSSR count). The average Bonchev–Trinajstić information content (AvgIpc) is 3.53. The Balaban J connectivity index is 1.39. The van der Waals surface area contributed by atoms with Gasteiger partial charge in [-0.05, 0) is 29.8 Å². The fraction of sp³-hybridized carbons (Fsp3) is 0.370. The Morgan fingerprint density at radius 1 is 1.14 bits per heavy atom. The summed E-state index contributed by atoms with van der Waals surface area (Å²) in [5.74, 6) is -3.50. The molecule has 0 radical (unpaired) electrons. The molecule has 1 amide bonds. The summed E-state index contributed by atoms with van der Waals surface area (Å²) in [6.07, 6.45) is 1.66. The number of rotatable bonds is 6. The summed E-state index contributed by atoms with van der Waals surface area (Å²) >= 11 is 0. The van der Waals surface area contributed by atoms with Crippen LogP contribution in [-0.4, -0.2) is 59.8 Å². The number of benzene rings is 2. The minimum atomic E-state index is -3.09. The summed E-state index contributed by atoms with van der Waals surface area (Å²) < 4.78 is 45.3. The predicted octanol–water partition coefficient (Wildman–Crippen LogP) is 4.02. The number of aliphatic imine (C=N–C) groups is 1. The first-order chi connectivity index (χ1) is 17.8. The summed E-state index contributed by atoms with van der Waals surface area (Å²) in [5, 5.41) is 0. The molecule has 1 aromatic heterocycles. The molecule has 3 aliphatic rings. The molecule has 1 unspecified atom stereocenters. The highest BCUT2D eigenvalue weighted by atomic mass is 19.3. The van der Waals surface area contributed by atoms with Crippen LogP contribution in [0, 0.1) is 0 Å². The van der Waals surface area contributed by atoms with Crippen LogP contribution in [0.4, 0.5) is 8.78 Å². The third-order valence-corrected chi connectivity index (χ3v) is 6.90. The molecule has 0 spiro atoms. The number of ether oxygens (including phenoxy) is 2. The molecule has 1 atom stereocenters. The Morgan fingerprint density at radius 3 is 2.62 bits per heavy atom. The van der Waals surface area contributed by atoms with Gasteiger partial charge in [0.05, 0.1) is 43.6 Å². The molecule has 2 aromatic carbocycles. The van der Waals surface area contributed by atoms with Crippen molar-refractivity contribution in [1.82, 2.24) is 9.88 Å². The van der Waals surface area contributed by atoms with E-state index in [0.29, 0.717) is 58.0 Å². The van der Waals surface area contributed by atoms with Gasteiger partial charge in [0.2, 0.25) is 0 Å². The number of halogens is 2. The number of H-pyrrole nitrogens is 1. The van der Waals surface area contributed by atoms with Crippen molar-refractivity contribution in [2.24, 2.45) is 4.99 Å². The molecule has 4 heterocycles. The third-order valence-electron chi connectivity index (χ3n) is 6.90. The predicted molar refractivity (Wildman–Crippen MR) is 131 cm³/mol. The van der Waals surface area contributed by atoms with E-state index in [2.05, 4.69) is 9.98 Å². The van der Waals surface area contributed by atoms with E-state index in [0.717, 1.165) is 19.8 Å². The fourth-order valence-corrected chi connectivity index (χ4v) is 5.31. The van der Waals surface area contributed by atoms with Gasteiger partial charge in [-0.2, -0.15) is 0 Å². The summed E-state index contributed by atoms with van der Waals surface area (Å²) in [7, 11) is 0. The number of hydrogen-bond donors (Lipinski definition) is 1. The van der Waals surface area contributed by atoms with Crippen molar-refractivity contribution in [3.05, 3.63) is 75.3 Å². The van der Waals surface area contributed by atoms with Crippen molar-refractivity contribution in [2.45, 2.75) is 37.8 Å². The number of fused-ring (bicyclic) bond motifs is 1. The lowest BCUT2D eigenvalue weighted by Crippen LogP contribution is -2.40. The first-order valence-corrected chi connectivity index (χ1v) is 12.2. The van der Waals surface area contributed by atoms with Crippen LogP contribution < -0.4 is 10.5 Å². The summed E-state index contributed by atoms with van der Waals surface area (Å²) in [4.78, 5) is 33.7. The Hall–Kier alpha value is -3.79. The lowest BCUT2D eigenvalue weighted by molar-refractivity contribution is -0.132. The van der Waals surface area contributed by atoms with Gasteiger partial charge >= 0.3 is 5.76 Å². The number of alkyl halides is 2. The number of carbonyl (C=O) groups excluding carboxylic acids is 1. The lowest BCUT2D eigenvalue weighted by Gasteiger charge is -2.31. The number of nitrogens with zero attached hydrogens (tertiary/aromatic N) is 2. The minimum absolute atomic E-state index is 0.0577. The normalized spacial score (nSPS) is 20.6. The Labute approximate surface area is 210 Å². The molecule has 0 bridgehead atoms. The van der Waals surface area contributed by atoms with Gasteiger partial charge in [0.1, 0.15) is 11.9 Å². The van der Waals surface area contributed by atoms with E-state index >= 15 is 0 Å². The number of aromatic amines is 1. The number of hydrogen-bond acceptors (Lipinski definition) is 6. The van der Waals surface area contributed by atoms with Crippen molar-refractivity contribution in [1.29, 1.82) is 0 Å². The first kappa shape index (κ1) is 23.6. The zero-order valence-corrected chi connectivity index (χ0v) is 20.1. The molecule has 37 heavy (non-hydrogen) atoms. The molecule has 10 heteroatoms. The average molecular weight is 510 g/mol. The van der Waals surface area contributed by atoms with E-state index in [-0.39, 0.29) is 12.6 Å². The fourth-order valence-electron chi connectivity index (χ4n) is 5.31. The molecule has 0 aliphatic carbocycles. The third kappa shape index (κ3) is 4.35. The number of para-hydroxylation sites is 1. The molecule has 0 saturated carbocycles. The first-order valence-electron chi connectivity index (χ1n) is 12.2. The molecule has 8 nitrogen and oxygen atoms in total. The van der Waals surface area contributed by atoms with Gasteiger partial charge < -0.3 is 18.8 Å². The SMILES string of the molecule is CC(F)(F)CN1C(=O)C2=C(C(c3cccc4[nH]c(=O)oc34)=NC2)C1c1ccc(OC2CCOCC2)cc1. The van der Waals surface area contributed by atoms with Gasteiger partial charge in [0.25, 0.3) is 11.8 Å². The zero-order chi connectivity index (χ0) is 25.7. The van der Waals surface area contributed by atoms with Gasteiger partial charge in [0, 0.05) is 36.5 Å². The van der Waals surface area contributed by atoms with Crippen LogP contribution in [0.2, 0.25) is 0 Å². The molecule has 1 fully saturated rings. The second-order valence-electron chi connectivity index (χ2n) is 9.66. The number of aromatic nitrogens is 1. The molecular weight excluding hydrogens is 484 g/mol. The smallest absolute Gasteiger partial charge is 0.417 e. The van der Waals surface area contributed by atoms with Crippen LogP contribution >= 0.6 is 0 Å². The van der Waals surface area contributed by atoms with Crippen LogP contribution in [0.25, 0.3) is 11.1 Å². The van der Waals surface area contributed by atoms with E-state index in [4.69, 9.17) is 13.9 Å². The summed E-state index contributed by atoms with van der Waals surface area (Å²) in [6, 6.07) is 11.6. The van der Waals surface area contributed by atoms with Gasteiger partial charge in [-0.15, -0.1) is 0 Å². The van der Waals surface area contributed by atoms with E-state index in [9.17, 15) is 18.4 Å². The van der Waals surface area contributed by atoms with Gasteiger partial charge in [-0.3, -0.25) is 14.8 Å². The van der Waals surface area contributed by atoms with Crippen molar-refractivity contribution in [3.63, 3.8) is 0 Å². The number of oxazole rings is 1. The Bertz CT molecular complexity index is 1480. The Kier molecular flexibility index (Phi) is 5.71. The highest BCUT2D eigenvalue weighted by Crippen LogP contribution is 2.44. The highest BCUT2D eigenvalue weighted by molar-refractivity contribution is 6.25. The van der Waals surface area contributed by atoms with E-state index in [1.807, 2.05) is 0 Å². The van der Waals surface area contributed by atoms with Crippen molar-refractivity contribution in [2.75, 3.05) is 26.3 Å². The van der Waals surface area contributed by atoms with Gasteiger partial charge in [-0.1, -0.05) is 18.2 Å². The quantitative estimate of drug-likeness (QED) is 0.542. The maximum Gasteiger partial charge on any atom is 0.417 e. The van der Waals surface area contributed by atoms with Crippen LogP contribution in [0.1, 0.15) is 36.9 Å². The lowest BCUT2D eigenvalue weighted by atomic mass is 9.91. The highest BCUT2D eigenvalue weighted by Gasteiger charge is 2.47. The standard InChI is InChI=1S/C27H25F2N3O5/c1-27(28,29)14-32-23(15-5-7-16(8-6-15)36-17-9-11-35-12-10-17)21-19(25(32)33)13-30-22(21)18-3-2-4-20-24(18)37-26(34)31-20/h2-8,17,23H,9-14H2,1H3,(H,31,34). The number of carbonyl (C=O) groups is 1. The summed E-state index contributed by atoms with van der Waals surface area (Å²) in [5.41, 5.74) is 3.40. The molecule has 1 N–H and O–H groups in total. The van der Waals surface area contributed by atoms with E-state index in [1.54, 1.807) is 42.5 Å². The van der Waals surface area contributed by atoms with Crippen molar-refractivity contribution in [3.8, 4) is 5.75 Å².